The molecule has 1 heterocycles. The number of hydrogen-bond donors (Lipinski definition) is 1. The summed E-state index contributed by atoms with van der Waals surface area (Å²) in [6, 6.07) is 9.76. The van der Waals surface area contributed by atoms with E-state index in [0.717, 1.165) is 25.9 Å². The molecule has 2 rings (SSSR count). The van der Waals surface area contributed by atoms with Crippen LogP contribution in [0.15, 0.2) is 30.3 Å². The third-order valence-electron chi connectivity index (χ3n) is 3.47. The lowest BCUT2D eigenvalue weighted by atomic mass is 10.1. The lowest BCUT2D eigenvalue weighted by Gasteiger charge is -2.32. The van der Waals surface area contributed by atoms with Crippen molar-refractivity contribution in [3.63, 3.8) is 0 Å². The highest BCUT2D eigenvalue weighted by atomic mass is 35.5. The number of piperidine rings is 1. The first-order chi connectivity index (χ1) is 9.16. The van der Waals surface area contributed by atoms with Crippen molar-refractivity contribution in [2.45, 2.75) is 38.5 Å². The summed E-state index contributed by atoms with van der Waals surface area (Å²) in [5.74, 6) is 0.0431. The fraction of sp³-hybridized carbons (Fsp3) is 0.533. The lowest BCUT2D eigenvalue weighted by Crippen LogP contribution is -2.47. The van der Waals surface area contributed by atoms with E-state index in [1.807, 2.05) is 23.1 Å². The van der Waals surface area contributed by atoms with Crippen LogP contribution in [0, 0.1) is 0 Å². The summed E-state index contributed by atoms with van der Waals surface area (Å²) in [4.78, 5) is 13.6. The molecule has 1 aromatic carbocycles. The van der Waals surface area contributed by atoms with Gasteiger partial charge in [0.25, 0.3) is 0 Å². The van der Waals surface area contributed by atoms with E-state index >= 15 is 0 Å². The second-order valence-electron chi connectivity index (χ2n) is 5.11. The van der Waals surface area contributed by atoms with E-state index in [9.17, 15) is 4.79 Å². The molecule has 1 aliphatic heterocycles. The lowest BCUT2D eigenvalue weighted by molar-refractivity contribution is -0.135. The average Bonchev–Trinajstić information content (AvgIpc) is 2.46. The van der Waals surface area contributed by atoms with E-state index in [0.29, 0.717) is 6.61 Å². The molecule has 1 aliphatic rings. The van der Waals surface area contributed by atoms with Crippen molar-refractivity contribution in [3.8, 4) is 0 Å². The van der Waals surface area contributed by atoms with Gasteiger partial charge in [0.15, 0.2) is 0 Å². The predicted octanol–water partition coefficient (Wildman–Crippen LogP) is 1.96. The topological polar surface area (TPSA) is 55.6 Å². The molecule has 1 amide bonds. The smallest absolute Gasteiger partial charge is 0.239 e. The zero-order valence-corrected chi connectivity index (χ0v) is 12.6. The van der Waals surface area contributed by atoms with E-state index < -0.39 is 6.04 Å². The van der Waals surface area contributed by atoms with E-state index in [1.165, 1.54) is 5.56 Å². The van der Waals surface area contributed by atoms with Gasteiger partial charge in [0.05, 0.1) is 18.8 Å². The van der Waals surface area contributed by atoms with Crippen LogP contribution in [0.2, 0.25) is 0 Å². The Morgan fingerprint density at radius 2 is 1.95 bits per heavy atom. The summed E-state index contributed by atoms with van der Waals surface area (Å²) in [5.41, 5.74) is 6.80. The van der Waals surface area contributed by atoms with Crippen LogP contribution in [-0.4, -0.2) is 36.0 Å². The minimum Gasteiger partial charge on any atom is -0.373 e. The number of nitrogens with zero attached hydrogens (tertiary/aromatic N) is 1. The van der Waals surface area contributed by atoms with Crippen molar-refractivity contribution in [1.29, 1.82) is 0 Å². The number of hydrogen-bond acceptors (Lipinski definition) is 3. The third-order valence-corrected chi connectivity index (χ3v) is 3.47. The van der Waals surface area contributed by atoms with Gasteiger partial charge in [-0.05, 0) is 25.3 Å². The Labute approximate surface area is 126 Å². The molecule has 5 heteroatoms. The highest BCUT2D eigenvalue weighted by Gasteiger charge is 2.24. The molecular weight excluding hydrogens is 276 g/mol. The van der Waals surface area contributed by atoms with Gasteiger partial charge >= 0.3 is 0 Å². The fourth-order valence-electron chi connectivity index (χ4n) is 2.32. The van der Waals surface area contributed by atoms with Crippen molar-refractivity contribution in [1.82, 2.24) is 4.90 Å². The quantitative estimate of drug-likeness (QED) is 0.924. The predicted molar refractivity (Wildman–Crippen MR) is 81.7 cm³/mol. The summed E-state index contributed by atoms with van der Waals surface area (Å²) in [7, 11) is 0. The number of likely N-dealkylation sites (tertiary alicyclic amines) is 1. The number of carbonyl (C=O) groups excluding carboxylic acids is 1. The molecule has 0 saturated carbocycles. The van der Waals surface area contributed by atoms with E-state index in [-0.39, 0.29) is 24.4 Å². The normalized spacial score (nSPS) is 17.4. The zero-order valence-electron chi connectivity index (χ0n) is 11.8. The number of halogens is 1. The van der Waals surface area contributed by atoms with Gasteiger partial charge in [-0.3, -0.25) is 4.79 Å². The van der Waals surface area contributed by atoms with Crippen molar-refractivity contribution in [2.24, 2.45) is 5.73 Å². The summed E-state index contributed by atoms with van der Waals surface area (Å²) in [6.45, 7) is 3.88. The standard InChI is InChI=1S/C15H22N2O2.ClH/c1-12(16)15(18)17-9-7-14(8-10-17)19-11-13-5-3-2-4-6-13;/h2-6,12,14H,7-11,16H2,1H3;1H/t12-;/m0./s1. The van der Waals surface area contributed by atoms with E-state index in [2.05, 4.69) is 12.1 Å². The molecule has 0 radical (unpaired) electrons. The number of benzene rings is 1. The monoisotopic (exact) mass is 298 g/mol. The van der Waals surface area contributed by atoms with Crippen LogP contribution < -0.4 is 5.73 Å². The van der Waals surface area contributed by atoms with Gasteiger partial charge in [0.1, 0.15) is 0 Å². The molecule has 20 heavy (non-hydrogen) atoms. The van der Waals surface area contributed by atoms with E-state index in [4.69, 9.17) is 10.5 Å². The Morgan fingerprint density at radius 3 is 2.50 bits per heavy atom. The average molecular weight is 299 g/mol. The SMILES string of the molecule is C[C@H](N)C(=O)N1CCC(OCc2ccccc2)CC1.Cl. The Hall–Kier alpha value is -1.10. The van der Waals surface area contributed by atoms with Crippen molar-refractivity contribution in [2.75, 3.05) is 13.1 Å². The number of ether oxygens (including phenoxy) is 1. The largest absolute Gasteiger partial charge is 0.373 e. The second kappa shape index (κ2) is 8.25. The van der Waals surface area contributed by atoms with Crippen LogP contribution in [0.3, 0.4) is 0 Å². The molecule has 2 N–H and O–H groups in total. The molecule has 0 bridgehead atoms. The summed E-state index contributed by atoms with van der Waals surface area (Å²) >= 11 is 0. The maximum absolute atomic E-state index is 11.7. The molecule has 1 fully saturated rings. The Kier molecular flexibility index (Phi) is 6.99. The Bertz CT molecular complexity index is 404. The molecule has 1 aromatic rings. The Balaban J connectivity index is 0.00000200. The molecule has 4 nitrogen and oxygen atoms in total. The van der Waals surface area contributed by atoms with Crippen LogP contribution in [0.1, 0.15) is 25.3 Å². The van der Waals surface area contributed by atoms with Crippen LogP contribution in [0.5, 0.6) is 0 Å². The molecule has 112 valence electrons. The van der Waals surface area contributed by atoms with Gasteiger partial charge in [-0.25, -0.2) is 0 Å². The minimum atomic E-state index is -0.401. The highest BCUT2D eigenvalue weighted by Crippen LogP contribution is 2.16. The first-order valence-electron chi connectivity index (χ1n) is 6.86. The third kappa shape index (κ3) is 4.78. The van der Waals surface area contributed by atoms with Gasteiger partial charge in [-0.15, -0.1) is 12.4 Å². The molecule has 0 spiro atoms. The highest BCUT2D eigenvalue weighted by molar-refractivity contribution is 5.85. The number of rotatable bonds is 4. The van der Waals surface area contributed by atoms with Crippen LogP contribution >= 0.6 is 12.4 Å². The maximum Gasteiger partial charge on any atom is 0.239 e. The van der Waals surface area contributed by atoms with Gasteiger partial charge in [0.2, 0.25) is 5.91 Å². The molecule has 0 aromatic heterocycles. The van der Waals surface area contributed by atoms with Crippen LogP contribution in [0.4, 0.5) is 0 Å². The van der Waals surface area contributed by atoms with Gasteiger partial charge < -0.3 is 15.4 Å². The minimum absolute atomic E-state index is 0. The van der Waals surface area contributed by atoms with Crippen LogP contribution in [0.25, 0.3) is 0 Å². The van der Waals surface area contributed by atoms with Crippen LogP contribution in [-0.2, 0) is 16.1 Å². The van der Waals surface area contributed by atoms with Gasteiger partial charge in [-0.2, -0.15) is 0 Å². The molecule has 0 aliphatic carbocycles. The maximum atomic E-state index is 11.7. The first kappa shape index (κ1) is 17.0. The van der Waals surface area contributed by atoms with Crippen molar-refractivity contribution < 1.29 is 9.53 Å². The zero-order chi connectivity index (χ0) is 13.7. The summed E-state index contributed by atoms with van der Waals surface area (Å²) in [5, 5.41) is 0. The Morgan fingerprint density at radius 1 is 1.35 bits per heavy atom. The van der Waals surface area contributed by atoms with Crippen molar-refractivity contribution >= 4 is 18.3 Å². The first-order valence-corrected chi connectivity index (χ1v) is 6.86. The molecule has 0 unspecified atom stereocenters. The molecule has 1 atom stereocenters. The van der Waals surface area contributed by atoms with E-state index in [1.54, 1.807) is 6.92 Å². The summed E-state index contributed by atoms with van der Waals surface area (Å²) < 4.78 is 5.89. The number of nitrogens with two attached hydrogens (primary N) is 1. The number of carbonyl (C=O) groups is 1. The number of amides is 1. The summed E-state index contributed by atoms with van der Waals surface area (Å²) in [6.07, 6.45) is 2.04. The molecular formula is C15H23ClN2O2. The molecule has 1 saturated heterocycles. The van der Waals surface area contributed by atoms with Crippen molar-refractivity contribution in [3.05, 3.63) is 35.9 Å². The fourth-order valence-corrected chi connectivity index (χ4v) is 2.32. The van der Waals surface area contributed by atoms with Gasteiger partial charge in [0, 0.05) is 13.1 Å². The van der Waals surface area contributed by atoms with Gasteiger partial charge in [-0.1, -0.05) is 30.3 Å². The second-order valence-corrected chi connectivity index (χ2v) is 5.11.